The monoisotopic (exact) mass is 297 g/mol. The lowest BCUT2D eigenvalue weighted by Gasteiger charge is -2.24. The first-order valence-corrected chi connectivity index (χ1v) is 8.08. The molecule has 110 valence electrons. The van der Waals surface area contributed by atoms with Gasteiger partial charge in [0, 0.05) is 24.7 Å². The van der Waals surface area contributed by atoms with Crippen molar-refractivity contribution < 1.29 is 13.2 Å². The van der Waals surface area contributed by atoms with Gasteiger partial charge >= 0.3 is 0 Å². The number of piperidine rings is 1. The van der Waals surface area contributed by atoms with Crippen molar-refractivity contribution in [1.82, 2.24) is 10.0 Å². The van der Waals surface area contributed by atoms with Gasteiger partial charge in [0.05, 0.1) is 4.90 Å². The first-order chi connectivity index (χ1) is 9.42. The van der Waals surface area contributed by atoms with Crippen LogP contribution in [-0.2, 0) is 21.2 Å². The number of anilines is 1. The molecule has 0 aromatic heterocycles. The summed E-state index contributed by atoms with van der Waals surface area (Å²) >= 11 is 0. The van der Waals surface area contributed by atoms with Gasteiger partial charge in [-0.05, 0) is 30.5 Å². The quantitative estimate of drug-likeness (QED) is 0.700. The Hall–Kier alpha value is -1.60. The van der Waals surface area contributed by atoms with E-state index in [0.717, 1.165) is 5.56 Å². The van der Waals surface area contributed by atoms with Crippen LogP contribution in [-0.4, -0.2) is 26.9 Å². The zero-order chi connectivity index (χ0) is 14.8. The van der Waals surface area contributed by atoms with Crippen molar-refractivity contribution in [3.8, 4) is 0 Å². The topological polar surface area (TPSA) is 101 Å². The number of nitrogen functional groups attached to an aromatic ring is 1. The number of sulfonamides is 1. The van der Waals surface area contributed by atoms with Crippen LogP contribution < -0.4 is 15.8 Å². The Balaban J connectivity index is 2.22. The van der Waals surface area contributed by atoms with E-state index in [9.17, 15) is 13.2 Å². The smallest absolute Gasteiger partial charge is 0.241 e. The lowest BCUT2D eigenvalue weighted by Crippen LogP contribution is -2.47. The summed E-state index contributed by atoms with van der Waals surface area (Å²) in [5.74, 6) is -0.0429. The number of hydrogen-bond acceptors (Lipinski definition) is 4. The number of nitrogens with two attached hydrogens (primary N) is 1. The van der Waals surface area contributed by atoms with Gasteiger partial charge in [-0.15, -0.1) is 0 Å². The molecule has 6 nitrogen and oxygen atoms in total. The van der Waals surface area contributed by atoms with E-state index in [1.807, 2.05) is 6.92 Å². The van der Waals surface area contributed by atoms with Crippen LogP contribution >= 0.6 is 0 Å². The summed E-state index contributed by atoms with van der Waals surface area (Å²) in [4.78, 5) is 11.3. The molecule has 1 aromatic carbocycles. The Morgan fingerprint density at radius 1 is 1.45 bits per heavy atom. The van der Waals surface area contributed by atoms with Gasteiger partial charge in [-0.3, -0.25) is 4.79 Å². The summed E-state index contributed by atoms with van der Waals surface area (Å²) in [6, 6.07) is 4.62. The van der Waals surface area contributed by atoms with E-state index in [-0.39, 0.29) is 16.8 Å². The standard InChI is InChI=1S/C13H19N3O3S/c1-2-9-3-4-10(14)7-12(9)20(18,19)16-11-5-6-13(17)15-8-11/h3-4,7,11,16H,2,5-6,8,14H2,1H3,(H,15,17). The van der Waals surface area contributed by atoms with Crippen LogP contribution in [0.25, 0.3) is 0 Å². The highest BCUT2D eigenvalue weighted by atomic mass is 32.2. The van der Waals surface area contributed by atoms with E-state index in [4.69, 9.17) is 5.73 Å². The van der Waals surface area contributed by atoms with Gasteiger partial charge in [0.15, 0.2) is 0 Å². The summed E-state index contributed by atoms with van der Waals surface area (Å²) in [5, 5.41) is 2.66. The number of amides is 1. The molecule has 1 aromatic rings. The fourth-order valence-corrected chi connectivity index (χ4v) is 3.85. The Morgan fingerprint density at radius 2 is 2.20 bits per heavy atom. The molecule has 0 aliphatic carbocycles. The van der Waals surface area contributed by atoms with Gasteiger partial charge in [0.1, 0.15) is 0 Å². The molecule has 1 amide bonds. The van der Waals surface area contributed by atoms with Crippen LogP contribution in [0.3, 0.4) is 0 Å². The first-order valence-electron chi connectivity index (χ1n) is 6.60. The molecule has 0 radical (unpaired) electrons. The van der Waals surface area contributed by atoms with Crippen molar-refractivity contribution in [3.05, 3.63) is 23.8 Å². The van der Waals surface area contributed by atoms with Crippen LogP contribution in [0.2, 0.25) is 0 Å². The zero-order valence-electron chi connectivity index (χ0n) is 11.3. The van der Waals surface area contributed by atoms with E-state index in [1.165, 1.54) is 6.07 Å². The highest BCUT2D eigenvalue weighted by Gasteiger charge is 2.25. The van der Waals surface area contributed by atoms with Crippen LogP contribution in [0.1, 0.15) is 25.3 Å². The molecule has 20 heavy (non-hydrogen) atoms. The summed E-state index contributed by atoms with van der Waals surface area (Å²) in [6.07, 6.45) is 1.46. The van der Waals surface area contributed by atoms with Gasteiger partial charge in [-0.1, -0.05) is 13.0 Å². The van der Waals surface area contributed by atoms with Crippen molar-refractivity contribution in [3.63, 3.8) is 0 Å². The molecule has 1 atom stereocenters. The zero-order valence-corrected chi connectivity index (χ0v) is 12.2. The summed E-state index contributed by atoms with van der Waals surface area (Å²) in [6.45, 7) is 2.22. The van der Waals surface area contributed by atoms with Crippen molar-refractivity contribution in [2.24, 2.45) is 0 Å². The van der Waals surface area contributed by atoms with Crippen molar-refractivity contribution in [2.45, 2.75) is 37.1 Å². The Labute approximate surface area is 118 Å². The third-order valence-electron chi connectivity index (χ3n) is 3.35. The summed E-state index contributed by atoms with van der Waals surface area (Å²) in [5.41, 5.74) is 6.83. The van der Waals surface area contributed by atoms with Gasteiger partial charge in [-0.2, -0.15) is 0 Å². The fourth-order valence-electron chi connectivity index (χ4n) is 2.23. The van der Waals surface area contributed by atoms with Crippen molar-refractivity contribution in [1.29, 1.82) is 0 Å². The normalized spacial score (nSPS) is 19.6. The molecular formula is C13H19N3O3S. The minimum atomic E-state index is -3.62. The maximum absolute atomic E-state index is 12.4. The SMILES string of the molecule is CCc1ccc(N)cc1S(=O)(=O)NC1CCC(=O)NC1. The van der Waals surface area contributed by atoms with Crippen LogP contribution in [0.4, 0.5) is 5.69 Å². The summed E-state index contributed by atoms with van der Waals surface area (Å²) < 4.78 is 27.5. The second kappa shape index (κ2) is 5.80. The molecule has 1 saturated heterocycles. The van der Waals surface area contributed by atoms with E-state index in [2.05, 4.69) is 10.0 Å². The fraction of sp³-hybridized carbons (Fsp3) is 0.462. The van der Waals surface area contributed by atoms with Crippen LogP contribution in [0.15, 0.2) is 23.1 Å². The van der Waals surface area contributed by atoms with Gasteiger partial charge in [0.25, 0.3) is 0 Å². The molecule has 1 aliphatic rings. The molecule has 1 unspecified atom stereocenters. The average Bonchev–Trinajstić information content (AvgIpc) is 2.41. The third-order valence-corrected chi connectivity index (χ3v) is 4.95. The van der Waals surface area contributed by atoms with Gasteiger partial charge in [-0.25, -0.2) is 13.1 Å². The second-order valence-corrected chi connectivity index (χ2v) is 6.56. The molecule has 0 spiro atoms. The minimum Gasteiger partial charge on any atom is -0.399 e. The largest absolute Gasteiger partial charge is 0.399 e. The van der Waals surface area contributed by atoms with E-state index < -0.39 is 10.0 Å². The number of carbonyl (C=O) groups is 1. The lowest BCUT2D eigenvalue weighted by molar-refractivity contribution is -0.122. The average molecular weight is 297 g/mol. The Kier molecular flexibility index (Phi) is 4.29. The second-order valence-electron chi connectivity index (χ2n) is 4.88. The number of benzene rings is 1. The first kappa shape index (κ1) is 14.8. The van der Waals surface area contributed by atoms with Gasteiger partial charge in [0.2, 0.25) is 15.9 Å². The maximum atomic E-state index is 12.4. The number of hydrogen-bond donors (Lipinski definition) is 3. The van der Waals surface area contributed by atoms with Crippen molar-refractivity contribution >= 4 is 21.6 Å². The highest BCUT2D eigenvalue weighted by molar-refractivity contribution is 7.89. The molecule has 1 heterocycles. The highest BCUT2D eigenvalue weighted by Crippen LogP contribution is 2.20. The Morgan fingerprint density at radius 3 is 2.80 bits per heavy atom. The van der Waals surface area contributed by atoms with E-state index in [0.29, 0.717) is 31.5 Å². The van der Waals surface area contributed by atoms with Gasteiger partial charge < -0.3 is 11.1 Å². The molecule has 1 fully saturated rings. The molecule has 1 aliphatic heterocycles. The molecular weight excluding hydrogens is 278 g/mol. The number of rotatable bonds is 4. The van der Waals surface area contributed by atoms with E-state index in [1.54, 1.807) is 12.1 Å². The van der Waals surface area contributed by atoms with E-state index >= 15 is 0 Å². The van der Waals surface area contributed by atoms with Crippen molar-refractivity contribution in [2.75, 3.05) is 12.3 Å². The predicted molar refractivity (Wildman–Crippen MR) is 76.6 cm³/mol. The Bertz CT molecular complexity index is 603. The number of carbonyl (C=O) groups excluding carboxylic acids is 1. The maximum Gasteiger partial charge on any atom is 0.241 e. The molecule has 2 rings (SSSR count). The number of aryl methyl sites for hydroxylation is 1. The third kappa shape index (κ3) is 3.29. The number of nitrogens with one attached hydrogen (secondary N) is 2. The molecule has 0 bridgehead atoms. The van der Waals surface area contributed by atoms with Crippen LogP contribution in [0, 0.1) is 0 Å². The summed E-state index contributed by atoms with van der Waals surface area (Å²) in [7, 11) is -3.62. The molecule has 7 heteroatoms. The molecule has 4 N–H and O–H groups in total. The molecule has 0 saturated carbocycles. The minimum absolute atomic E-state index is 0.0429. The predicted octanol–water partition coefficient (Wildman–Crippen LogP) is 0.388. The lowest BCUT2D eigenvalue weighted by atomic mass is 10.1. The van der Waals surface area contributed by atoms with Crippen LogP contribution in [0.5, 0.6) is 0 Å².